The van der Waals surface area contributed by atoms with E-state index in [-0.39, 0.29) is 5.91 Å². The van der Waals surface area contributed by atoms with Gasteiger partial charge in [-0.05, 0) is 24.5 Å². The van der Waals surface area contributed by atoms with Crippen LogP contribution in [0.4, 0.5) is 5.69 Å². The zero-order chi connectivity index (χ0) is 18.0. The number of hydrogen-bond acceptors (Lipinski definition) is 2. The molecule has 0 spiro atoms. The second-order valence-electron chi connectivity index (χ2n) is 3.96. The molecule has 0 saturated carbocycles. The molecule has 0 bridgehead atoms. The van der Waals surface area contributed by atoms with Gasteiger partial charge < -0.3 is 10.2 Å². The molecule has 0 unspecified atom stereocenters. The maximum Gasteiger partial charge on any atom is 0.216 e. The number of anilines is 1. The summed E-state index contributed by atoms with van der Waals surface area (Å²) in [6.45, 7) is 14.7. The number of hydrogen-bond donors (Lipinski definition) is 1. The summed E-state index contributed by atoms with van der Waals surface area (Å²) in [6, 6.07) is 8.66. The highest BCUT2D eigenvalue weighted by Gasteiger charge is 2.11. The van der Waals surface area contributed by atoms with E-state index in [0.29, 0.717) is 0 Å². The van der Waals surface area contributed by atoms with E-state index in [9.17, 15) is 4.79 Å². The van der Waals surface area contributed by atoms with Gasteiger partial charge in [0.05, 0.1) is 0 Å². The van der Waals surface area contributed by atoms with Gasteiger partial charge in [-0.3, -0.25) is 4.79 Å². The monoisotopic (exact) mass is 310 g/mol. The lowest BCUT2D eigenvalue weighted by Crippen LogP contribution is -2.24. The van der Waals surface area contributed by atoms with Crippen LogP contribution in [-0.2, 0) is 11.2 Å². The Kier molecular flexibility index (Phi) is 22.5. The lowest BCUT2D eigenvalue weighted by atomic mass is 10.0. The van der Waals surface area contributed by atoms with E-state index in [0.717, 1.165) is 0 Å². The smallest absolute Gasteiger partial charge is 0.216 e. The zero-order valence-corrected chi connectivity index (χ0v) is 16.3. The highest BCUT2D eigenvalue weighted by molar-refractivity contribution is 5.72. The van der Waals surface area contributed by atoms with Crippen LogP contribution in [0.1, 0.15) is 60.5 Å². The number of aryl methyl sites for hydroxylation is 1. The Labute approximate surface area is 139 Å². The van der Waals surface area contributed by atoms with Crippen molar-refractivity contribution in [3.05, 3.63) is 29.8 Å². The molecule has 0 aromatic heterocycles. The number of nitrogens with one attached hydrogen (secondary N) is 1. The van der Waals surface area contributed by atoms with Gasteiger partial charge in [0.1, 0.15) is 0 Å². The average molecular weight is 311 g/mol. The van der Waals surface area contributed by atoms with Crippen LogP contribution in [0.15, 0.2) is 24.3 Å². The number of carbonyl (C=O) groups excluding carboxylic acids is 1. The lowest BCUT2D eigenvalue weighted by molar-refractivity contribution is -0.118. The Morgan fingerprint density at radius 3 is 1.91 bits per heavy atom. The van der Waals surface area contributed by atoms with E-state index < -0.39 is 0 Å². The summed E-state index contributed by atoms with van der Waals surface area (Å²) in [5.41, 5.74) is 2.92. The molecule has 0 atom stereocenters. The molecule has 0 aliphatic carbocycles. The molecule has 1 amide bonds. The van der Waals surface area contributed by atoms with Crippen molar-refractivity contribution >= 4 is 11.6 Å². The van der Waals surface area contributed by atoms with Crippen LogP contribution in [0.3, 0.4) is 0 Å². The van der Waals surface area contributed by atoms with Crippen molar-refractivity contribution in [1.82, 2.24) is 5.32 Å². The summed E-state index contributed by atoms with van der Waals surface area (Å²) < 4.78 is 0. The maximum absolute atomic E-state index is 9.70. The van der Waals surface area contributed by atoms with E-state index in [2.05, 4.69) is 41.5 Å². The lowest BCUT2D eigenvalue weighted by Gasteiger charge is -2.26. The minimum atomic E-state index is 0.00463. The summed E-state index contributed by atoms with van der Waals surface area (Å²) in [4.78, 5) is 12.0. The van der Waals surface area contributed by atoms with Gasteiger partial charge in [0.25, 0.3) is 0 Å². The van der Waals surface area contributed by atoms with Crippen molar-refractivity contribution in [3.63, 3.8) is 0 Å². The molecular weight excluding hydrogens is 272 g/mol. The largest absolute Gasteiger partial charge is 0.374 e. The number of benzene rings is 1. The van der Waals surface area contributed by atoms with Gasteiger partial charge in [0.2, 0.25) is 5.91 Å². The van der Waals surface area contributed by atoms with Crippen molar-refractivity contribution in [1.29, 1.82) is 0 Å². The van der Waals surface area contributed by atoms with Crippen molar-refractivity contribution in [3.8, 4) is 0 Å². The van der Waals surface area contributed by atoms with E-state index >= 15 is 0 Å². The van der Waals surface area contributed by atoms with Crippen LogP contribution in [0.2, 0.25) is 0 Å². The Morgan fingerprint density at radius 2 is 1.50 bits per heavy atom. The normalized spacial score (nSPS) is 10.5. The molecular formula is C19H38N2O. The summed E-state index contributed by atoms with van der Waals surface area (Å²) in [5, 5.41) is 2.39. The third-order valence-electron chi connectivity index (χ3n) is 2.69. The van der Waals surface area contributed by atoms with Crippen molar-refractivity contribution in [2.75, 3.05) is 25.5 Å². The molecule has 1 aliphatic rings. The number of nitrogens with zero attached hydrogens (tertiary/aromatic N) is 1. The first-order valence-corrected chi connectivity index (χ1v) is 8.62. The molecule has 0 fully saturated rings. The molecule has 3 heteroatoms. The molecule has 1 heterocycles. The van der Waals surface area contributed by atoms with Crippen LogP contribution in [-0.4, -0.2) is 26.5 Å². The van der Waals surface area contributed by atoms with E-state index in [1.807, 2.05) is 41.5 Å². The average Bonchev–Trinajstić information content (AvgIpc) is 2.61. The van der Waals surface area contributed by atoms with Crippen molar-refractivity contribution in [2.45, 2.75) is 61.3 Å². The Hall–Kier alpha value is -1.51. The molecule has 0 radical (unpaired) electrons. The van der Waals surface area contributed by atoms with Crippen LogP contribution in [0, 0.1) is 0 Å². The SMILES string of the molecule is CC.CC.CC.CN1CCCc2ccccc21.CNC(C)=O. The predicted octanol–water partition coefficient (Wildman–Crippen LogP) is 4.90. The molecule has 1 N–H and O–H groups in total. The Morgan fingerprint density at radius 1 is 1.05 bits per heavy atom. The number of fused-ring (bicyclic) bond motifs is 1. The first-order valence-electron chi connectivity index (χ1n) is 8.62. The van der Waals surface area contributed by atoms with Gasteiger partial charge in [-0.2, -0.15) is 0 Å². The minimum absolute atomic E-state index is 0.00463. The zero-order valence-electron chi connectivity index (χ0n) is 16.3. The summed E-state index contributed by atoms with van der Waals surface area (Å²) in [7, 11) is 3.76. The van der Waals surface area contributed by atoms with Gasteiger partial charge in [-0.1, -0.05) is 59.7 Å². The molecule has 22 heavy (non-hydrogen) atoms. The van der Waals surface area contributed by atoms with Crippen LogP contribution < -0.4 is 10.2 Å². The molecule has 0 saturated heterocycles. The number of rotatable bonds is 0. The minimum Gasteiger partial charge on any atom is -0.374 e. The topological polar surface area (TPSA) is 32.3 Å². The molecule has 1 aromatic rings. The fraction of sp³-hybridized carbons (Fsp3) is 0.632. The molecule has 3 nitrogen and oxygen atoms in total. The van der Waals surface area contributed by atoms with Crippen LogP contribution in [0.25, 0.3) is 0 Å². The molecule has 2 rings (SSSR count). The fourth-order valence-electron chi connectivity index (χ4n) is 1.72. The number of para-hydroxylation sites is 1. The fourth-order valence-corrected chi connectivity index (χ4v) is 1.72. The van der Waals surface area contributed by atoms with E-state index in [1.54, 1.807) is 7.05 Å². The van der Waals surface area contributed by atoms with E-state index in [1.165, 1.54) is 37.6 Å². The second kappa shape index (κ2) is 19.5. The van der Waals surface area contributed by atoms with Crippen molar-refractivity contribution in [2.24, 2.45) is 0 Å². The highest BCUT2D eigenvalue weighted by atomic mass is 16.1. The van der Waals surface area contributed by atoms with Crippen LogP contribution in [0.5, 0.6) is 0 Å². The van der Waals surface area contributed by atoms with Gasteiger partial charge in [-0.25, -0.2) is 0 Å². The second-order valence-corrected chi connectivity index (χ2v) is 3.96. The third-order valence-corrected chi connectivity index (χ3v) is 2.69. The van der Waals surface area contributed by atoms with Gasteiger partial charge in [-0.15, -0.1) is 0 Å². The summed E-state index contributed by atoms with van der Waals surface area (Å²) in [5.74, 6) is 0.00463. The third kappa shape index (κ3) is 12.2. The Bertz CT molecular complexity index is 351. The van der Waals surface area contributed by atoms with Crippen LogP contribution >= 0.6 is 0 Å². The van der Waals surface area contributed by atoms with E-state index in [4.69, 9.17) is 0 Å². The van der Waals surface area contributed by atoms with Gasteiger partial charge >= 0.3 is 0 Å². The molecule has 1 aromatic carbocycles. The Balaban J connectivity index is -0.000000280. The highest BCUT2D eigenvalue weighted by Crippen LogP contribution is 2.24. The number of amides is 1. The molecule has 1 aliphatic heterocycles. The van der Waals surface area contributed by atoms with Gasteiger partial charge in [0, 0.05) is 33.3 Å². The first kappa shape index (κ1) is 25.4. The maximum atomic E-state index is 9.70. The van der Waals surface area contributed by atoms with Gasteiger partial charge in [0.15, 0.2) is 0 Å². The first-order chi connectivity index (χ1) is 10.6. The molecule has 130 valence electrons. The summed E-state index contributed by atoms with van der Waals surface area (Å²) in [6.07, 6.45) is 2.55. The predicted molar refractivity (Wildman–Crippen MR) is 102 cm³/mol. The van der Waals surface area contributed by atoms with Crippen molar-refractivity contribution < 1.29 is 4.79 Å². The standard InChI is InChI=1S/C10H13N.C3H7NO.3C2H6/c1-11-8-4-6-9-5-2-3-7-10(9)11;1-3(5)4-2;3*1-2/h2-3,5,7H,4,6,8H2,1H3;1-2H3,(H,4,5);3*1-2H3. The quantitative estimate of drug-likeness (QED) is 0.739. The number of carbonyl (C=O) groups is 1. The summed E-state index contributed by atoms with van der Waals surface area (Å²) >= 11 is 0.